The molecule has 0 aliphatic rings. The van der Waals surface area contributed by atoms with E-state index in [0.717, 1.165) is 5.69 Å². The van der Waals surface area contributed by atoms with E-state index in [1.165, 1.54) is 6.92 Å². The Balaban J connectivity index is 2.37. The van der Waals surface area contributed by atoms with Gasteiger partial charge in [-0.25, -0.2) is 4.98 Å². The SMILES string of the molecule is Cc1nc(Cl)nc(Nc2ccc(N(C)C)cc2)c1[N+](=O)[O-]. The molecule has 1 aromatic carbocycles. The Bertz CT molecular complexity index is 673. The minimum absolute atomic E-state index is 0.0366. The summed E-state index contributed by atoms with van der Waals surface area (Å²) in [4.78, 5) is 20.3. The molecule has 0 bridgehead atoms. The molecule has 1 aromatic heterocycles. The van der Waals surface area contributed by atoms with Crippen LogP contribution in [0.1, 0.15) is 5.69 Å². The number of benzene rings is 1. The maximum Gasteiger partial charge on any atom is 0.332 e. The molecule has 0 atom stereocenters. The van der Waals surface area contributed by atoms with E-state index in [1.54, 1.807) is 0 Å². The zero-order valence-corrected chi connectivity index (χ0v) is 12.5. The predicted molar refractivity (Wildman–Crippen MR) is 82.5 cm³/mol. The molecule has 0 spiro atoms. The van der Waals surface area contributed by atoms with Gasteiger partial charge < -0.3 is 10.2 Å². The first-order valence-corrected chi connectivity index (χ1v) is 6.49. The van der Waals surface area contributed by atoms with Crippen LogP contribution in [-0.4, -0.2) is 29.0 Å². The quantitative estimate of drug-likeness (QED) is 0.530. The number of aromatic nitrogens is 2. The lowest BCUT2D eigenvalue weighted by Crippen LogP contribution is -2.08. The van der Waals surface area contributed by atoms with Crippen molar-refractivity contribution in [1.29, 1.82) is 0 Å². The van der Waals surface area contributed by atoms with Crippen LogP contribution in [0.5, 0.6) is 0 Å². The minimum atomic E-state index is -0.526. The maximum atomic E-state index is 11.1. The van der Waals surface area contributed by atoms with Crippen molar-refractivity contribution in [3.05, 3.63) is 45.4 Å². The molecule has 8 heteroatoms. The Hall–Kier alpha value is -2.41. The molecule has 7 nitrogen and oxygen atoms in total. The molecule has 0 saturated heterocycles. The highest BCUT2D eigenvalue weighted by molar-refractivity contribution is 6.28. The second kappa shape index (κ2) is 5.92. The second-order valence-corrected chi connectivity index (χ2v) is 4.94. The van der Waals surface area contributed by atoms with Crippen LogP contribution in [-0.2, 0) is 0 Å². The van der Waals surface area contributed by atoms with Crippen molar-refractivity contribution >= 4 is 34.5 Å². The average Bonchev–Trinajstić information content (AvgIpc) is 2.37. The summed E-state index contributed by atoms with van der Waals surface area (Å²) in [7, 11) is 3.86. The first-order valence-electron chi connectivity index (χ1n) is 6.11. The van der Waals surface area contributed by atoms with Crippen LogP contribution in [0.4, 0.5) is 22.9 Å². The van der Waals surface area contributed by atoms with Crippen molar-refractivity contribution in [3.8, 4) is 0 Å². The Morgan fingerprint density at radius 3 is 2.38 bits per heavy atom. The van der Waals surface area contributed by atoms with Crippen LogP contribution in [0.25, 0.3) is 0 Å². The van der Waals surface area contributed by atoms with Crippen LogP contribution < -0.4 is 10.2 Å². The van der Waals surface area contributed by atoms with Gasteiger partial charge in [-0.3, -0.25) is 10.1 Å². The molecule has 2 rings (SSSR count). The summed E-state index contributed by atoms with van der Waals surface area (Å²) in [5, 5.41) is 14.0. The lowest BCUT2D eigenvalue weighted by atomic mass is 10.2. The molecule has 0 aliphatic carbocycles. The van der Waals surface area contributed by atoms with Gasteiger partial charge >= 0.3 is 5.69 Å². The lowest BCUT2D eigenvalue weighted by Gasteiger charge is -2.13. The van der Waals surface area contributed by atoms with Crippen molar-refractivity contribution in [2.24, 2.45) is 0 Å². The van der Waals surface area contributed by atoms with E-state index in [2.05, 4.69) is 15.3 Å². The lowest BCUT2D eigenvalue weighted by molar-refractivity contribution is -0.385. The number of hydrogen-bond acceptors (Lipinski definition) is 6. The summed E-state index contributed by atoms with van der Waals surface area (Å²) in [6.07, 6.45) is 0. The first-order chi connectivity index (χ1) is 9.88. The van der Waals surface area contributed by atoms with Gasteiger partial charge in [-0.05, 0) is 42.8 Å². The van der Waals surface area contributed by atoms with Crippen LogP contribution in [0, 0.1) is 17.0 Å². The number of nitrogens with zero attached hydrogens (tertiary/aromatic N) is 4. The Morgan fingerprint density at radius 2 is 1.86 bits per heavy atom. The number of rotatable bonds is 4. The van der Waals surface area contributed by atoms with Gasteiger partial charge in [0.2, 0.25) is 11.1 Å². The highest BCUT2D eigenvalue weighted by Crippen LogP contribution is 2.29. The average molecular weight is 308 g/mol. The van der Waals surface area contributed by atoms with E-state index in [4.69, 9.17) is 11.6 Å². The summed E-state index contributed by atoms with van der Waals surface area (Å²) < 4.78 is 0. The van der Waals surface area contributed by atoms with Gasteiger partial charge in [0, 0.05) is 25.5 Å². The predicted octanol–water partition coefficient (Wildman–Crippen LogP) is 3.16. The number of anilines is 3. The Labute approximate surface area is 126 Å². The van der Waals surface area contributed by atoms with E-state index in [0.29, 0.717) is 5.69 Å². The molecule has 110 valence electrons. The van der Waals surface area contributed by atoms with E-state index < -0.39 is 4.92 Å². The fraction of sp³-hybridized carbons (Fsp3) is 0.231. The zero-order valence-electron chi connectivity index (χ0n) is 11.8. The number of nitro groups is 1. The van der Waals surface area contributed by atoms with Gasteiger partial charge in [-0.15, -0.1) is 0 Å². The second-order valence-electron chi connectivity index (χ2n) is 4.60. The molecule has 2 aromatic rings. The highest BCUT2D eigenvalue weighted by atomic mass is 35.5. The third-order valence-electron chi connectivity index (χ3n) is 2.86. The summed E-state index contributed by atoms with van der Waals surface area (Å²) in [5.74, 6) is 0.0788. The molecule has 0 fully saturated rings. The normalized spacial score (nSPS) is 10.3. The van der Waals surface area contributed by atoms with E-state index >= 15 is 0 Å². The third-order valence-corrected chi connectivity index (χ3v) is 3.03. The number of nitrogens with one attached hydrogen (secondary N) is 1. The van der Waals surface area contributed by atoms with E-state index in [9.17, 15) is 10.1 Å². The topological polar surface area (TPSA) is 84.2 Å². The number of halogens is 1. The highest BCUT2D eigenvalue weighted by Gasteiger charge is 2.21. The molecule has 0 amide bonds. The van der Waals surface area contributed by atoms with Gasteiger partial charge in [0.05, 0.1) is 4.92 Å². The largest absolute Gasteiger partial charge is 0.378 e. The molecule has 1 N–H and O–H groups in total. The smallest absolute Gasteiger partial charge is 0.332 e. The van der Waals surface area contributed by atoms with Gasteiger partial charge in [-0.2, -0.15) is 4.98 Å². The molecule has 0 radical (unpaired) electrons. The van der Waals surface area contributed by atoms with Gasteiger partial charge in [0.15, 0.2) is 0 Å². The van der Waals surface area contributed by atoms with Crippen LogP contribution in [0.2, 0.25) is 5.28 Å². The van der Waals surface area contributed by atoms with Crippen LogP contribution in [0.3, 0.4) is 0 Å². The van der Waals surface area contributed by atoms with Crippen molar-refractivity contribution in [1.82, 2.24) is 9.97 Å². The fourth-order valence-corrected chi connectivity index (χ4v) is 2.03. The van der Waals surface area contributed by atoms with E-state index in [-0.39, 0.29) is 22.5 Å². The Kier molecular flexibility index (Phi) is 4.23. The standard InChI is InChI=1S/C13H14ClN5O2/c1-8-11(19(20)21)12(17-13(14)15-8)16-9-4-6-10(7-5-9)18(2)3/h4-7H,1-3H3,(H,15,16,17). The van der Waals surface area contributed by atoms with Crippen LogP contribution in [0.15, 0.2) is 24.3 Å². The van der Waals surface area contributed by atoms with Gasteiger partial charge in [-0.1, -0.05) is 0 Å². The molecule has 0 unspecified atom stereocenters. The molecular formula is C13H14ClN5O2. The molecule has 1 heterocycles. The first kappa shape index (κ1) is 15.0. The van der Waals surface area contributed by atoms with Crippen molar-refractivity contribution in [2.45, 2.75) is 6.92 Å². The van der Waals surface area contributed by atoms with Crippen LogP contribution >= 0.6 is 11.6 Å². The summed E-state index contributed by atoms with van der Waals surface area (Å²) in [6, 6.07) is 7.41. The zero-order chi connectivity index (χ0) is 15.6. The fourth-order valence-electron chi connectivity index (χ4n) is 1.82. The Morgan fingerprint density at radius 1 is 1.24 bits per heavy atom. The summed E-state index contributed by atoms with van der Waals surface area (Å²) in [6.45, 7) is 1.52. The number of hydrogen-bond donors (Lipinski definition) is 1. The van der Waals surface area contributed by atoms with E-state index in [1.807, 2.05) is 43.3 Å². The van der Waals surface area contributed by atoms with Crippen molar-refractivity contribution in [3.63, 3.8) is 0 Å². The third kappa shape index (κ3) is 3.38. The van der Waals surface area contributed by atoms with Gasteiger partial charge in [0.1, 0.15) is 5.69 Å². The van der Waals surface area contributed by atoms with Crippen molar-refractivity contribution in [2.75, 3.05) is 24.3 Å². The minimum Gasteiger partial charge on any atom is -0.378 e. The summed E-state index contributed by atoms with van der Waals surface area (Å²) in [5.41, 5.74) is 1.73. The molecule has 21 heavy (non-hydrogen) atoms. The summed E-state index contributed by atoms with van der Waals surface area (Å²) >= 11 is 5.77. The number of aryl methyl sites for hydroxylation is 1. The maximum absolute atomic E-state index is 11.1. The molecule has 0 saturated carbocycles. The molecule has 0 aliphatic heterocycles. The molecular weight excluding hydrogens is 294 g/mol. The van der Waals surface area contributed by atoms with Gasteiger partial charge in [0.25, 0.3) is 0 Å². The van der Waals surface area contributed by atoms with Crippen molar-refractivity contribution < 1.29 is 4.92 Å². The monoisotopic (exact) mass is 307 g/mol.